The van der Waals surface area contributed by atoms with Gasteiger partial charge in [0.15, 0.2) is 0 Å². The Labute approximate surface area is 109 Å². The van der Waals surface area contributed by atoms with Gasteiger partial charge in [-0.2, -0.15) is 0 Å². The van der Waals surface area contributed by atoms with Crippen LogP contribution in [0.5, 0.6) is 0 Å². The van der Waals surface area contributed by atoms with E-state index in [4.69, 9.17) is 0 Å². The summed E-state index contributed by atoms with van der Waals surface area (Å²) in [6.45, 7) is 1.38. The third-order valence-electron chi connectivity index (χ3n) is 2.80. The van der Waals surface area contributed by atoms with Gasteiger partial charge in [-0.25, -0.2) is 0 Å². The maximum atomic E-state index is 12.1. The van der Waals surface area contributed by atoms with Crippen LogP contribution < -0.4 is 0 Å². The lowest BCUT2D eigenvalue weighted by atomic mass is 10.0. The average Bonchev–Trinajstić information content (AvgIpc) is 2.38. The quantitative estimate of drug-likeness (QED) is 0.763. The summed E-state index contributed by atoms with van der Waals surface area (Å²) in [6, 6.07) is 16.5. The first kappa shape index (κ1) is 13.6. The summed E-state index contributed by atoms with van der Waals surface area (Å²) in [5, 5.41) is 0. The second-order valence-corrected chi connectivity index (χ2v) is 4.19. The summed E-state index contributed by atoms with van der Waals surface area (Å²) < 4.78 is 40.3. The molecule has 4 heteroatoms. The first-order valence-corrected chi connectivity index (χ1v) is 5.85. The molecular weight excluding hydrogens is 253 g/mol. The van der Waals surface area contributed by atoms with Crippen molar-refractivity contribution < 1.29 is 17.9 Å². The van der Waals surface area contributed by atoms with Crippen LogP contribution in [-0.2, 0) is 4.74 Å². The van der Waals surface area contributed by atoms with Crippen molar-refractivity contribution in [3.8, 4) is 11.1 Å². The van der Waals surface area contributed by atoms with Crippen molar-refractivity contribution in [3.05, 3.63) is 60.2 Å². The van der Waals surface area contributed by atoms with Gasteiger partial charge in [0.25, 0.3) is 0 Å². The molecule has 100 valence electrons. The predicted octanol–water partition coefficient (Wildman–Crippen LogP) is 4.95. The number of hydrogen-bond acceptors (Lipinski definition) is 1. The number of alkyl halides is 3. The standard InChI is InChI=1S/C15H13F3O/c1-11(19-15(16,17)18)12-7-9-14(10-8-12)13-5-3-2-4-6-13/h2-11H,1H3. The van der Waals surface area contributed by atoms with Gasteiger partial charge in [-0.15, -0.1) is 13.2 Å². The molecule has 0 aliphatic rings. The van der Waals surface area contributed by atoms with E-state index >= 15 is 0 Å². The summed E-state index contributed by atoms with van der Waals surface area (Å²) in [6.07, 6.45) is -5.62. The molecule has 0 amide bonds. The molecule has 19 heavy (non-hydrogen) atoms. The Bertz CT molecular complexity index is 517. The highest BCUT2D eigenvalue weighted by Crippen LogP contribution is 2.28. The first-order valence-electron chi connectivity index (χ1n) is 5.85. The Morgan fingerprint density at radius 1 is 0.842 bits per heavy atom. The first-order chi connectivity index (χ1) is 8.96. The fourth-order valence-corrected chi connectivity index (χ4v) is 1.85. The predicted molar refractivity (Wildman–Crippen MR) is 67.4 cm³/mol. The van der Waals surface area contributed by atoms with E-state index in [0.717, 1.165) is 11.1 Å². The Hall–Kier alpha value is -1.81. The second kappa shape index (κ2) is 5.45. The van der Waals surface area contributed by atoms with Gasteiger partial charge < -0.3 is 0 Å². The van der Waals surface area contributed by atoms with Crippen LogP contribution in [0.15, 0.2) is 54.6 Å². The van der Waals surface area contributed by atoms with Crippen molar-refractivity contribution >= 4 is 0 Å². The van der Waals surface area contributed by atoms with Gasteiger partial charge in [0.1, 0.15) is 0 Å². The molecule has 0 radical (unpaired) electrons. The molecule has 0 bridgehead atoms. The maximum absolute atomic E-state index is 12.1. The molecule has 0 saturated heterocycles. The molecule has 2 aromatic carbocycles. The molecular formula is C15H13F3O. The Balaban J connectivity index is 2.15. The van der Waals surface area contributed by atoms with Crippen LogP contribution in [0, 0.1) is 0 Å². The fourth-order valence-electron chi connectivity index (χ4n) is 1.85. The number of rotatable bonds is 3. The molecule has 0 aromatic heterocycles. The van der Waals surface area contributed by atoms with E-state index in [0.29, 0.717) is 5.56 Å². The van der Waals surface area contributed by atoms with Crippen LogP contribution >= 0.6 is 0 Å². The van der Waals surface area contributed by atoms with Crippen molar-refractivity contribution in [3.63, 3.8) is 0 Å². The van der Waals surface area contributed by atoms with Crippen LogP contribution in [0.3, 0.4) is 0 Å². The third-order valence-corrected chi connectivity index (χ3v) is 2.80. The van der Waals surface area contributed by atoms with Crippen molar-refractivity contribution in [1.29, 1.82) is 0 Å². The summed E-state index contributed by atoms with van der Waals surface area (Å²) in [7, 11) is 0. The lowest BCUT2D eigenvalue weighted by molar-refractivity contribution is -0.342. The van der Waals surface area contributed by atoms with Gasteiger partial charge in [-0.1, -0.05) is 54.6 Å². The topological polar surface area (TPSA) is 9.23 Å². The number of ether oxygens (including phenoxy) is 1. The zero-order chi connectivity index (χ0) is 13.9. The fraction of sp³-hybridized carbons (Fsp3) is 0.200. The van der Waals surface area contributed by atoms with Crippen molar-refractivity contribution in [2.45, 2.75) is 19.4 Å². The van der Waals surface area contributed by atoms with E-state index in [1.165, 1.54) is 6.92 Å². The zero-order valence-corrected chi connectivity index (χ0v) is 10.3. The minimum absolute atomic E-state index is 0.497. The highest BCUT2D eigenvalue weighted by atomic mass is 19.4. The van der Waals surface area contributed by atoms with Gasteiger partial charge in [-0.05, 0) is 23.6 Å². The number of halogens is 3. The van der Waals surface area contributed by atoms with Crippen molar-refractivity contribution in [2.75, 3.05) is 0 Å². The minimum Gasteiger partial charge on any atom is -0.284 e. The van der Waals surface area contributed by atoms with E-state index in [1.54, 1.807) is 24.3 Å². The van der Waals surface area contributed by atoms with Gasteiger partial charge in [0.2, 0.25) is 0 Å². The lowest BCUT2D eigenvalue weighted by Crippen LogP contribution is -2.16. The Morgan fingerprint density at radius 3 is 1.89 bits per heavy atom. The largest absolute Gasteiger partial charge is 0.523 e. The molecule has 0 aliphatic carbocycles. The van der Waals surface area contributed by atoms with E-state index in [2.05, 4.69) is 4.74 Å². The number of benzene rings is 2. The molecule has 0 N–H and O–H groups in total. The highest BCUT2D eigenvalue weighted by Gasteiger charge is 2.32. The van der Waals surface area contributed by atoms with E-state index < -0.39 is 12.5 Å². The molecule has 0 spiro atoms. The summed E-state index contributed by atoms with van der Waals surface area (Å²) in [5.74, 6) is 0. The normalized spacial score (nSPS) is 13.3. The van der Waals surface area contributed by atoms with Crippen molar-refractivity contribution in [1.82, 2.24) is 0 Å². The van der Waals surface area contributed by atoms with Crippen LogP contribution in [-0.4, -0.2) is 6.36 Å². The van der Waals surface area contributed by atoms with Crippen LogP contribution in [0.2, 0.25) is 0 Å². The Kier molecular flexibility index (Phi) is 3.90. The molecule has 0 saturated carbocycles. The average molecular weight is 266 g/mol. The van der Waals surface area contributed by atoms with Gasteiger partial charge in [0.05, 0.1) is 6.10 Å². The SMILES string of the molecule is CC(OC(F)(F)F)c1ccc(-c2ccccc2)cc1. The van der Waals surface area contributed by atoms with Crippen LogP contribution in [0.4, 0.5) is 13.2 Å². The third kappa shape index (κ3) is 3.83. The molecule has 0 fully saturated rings. The summed E-state index contributed by atoms with van der Waals surface area (Å²) in [5.41, 5.74) is 2.49. The van der Waals surface area contributed by atoms with E-state index in [-0.39, 0.29) is 0 Å². The summed E-state index contributed by atoms with van der Waals surface area (Å²) in [4.78, 5) is 0. The lowest BCUT2D eigenvalue weighted by Gasteiger charge is -2.15. The molecule has 1 unspecified atom stereocenters. The summed E-state index contributed by atoms with van der Waals surface area (Å²) >= 11 is 0. The van der Waals surface area contributed by atoms with Gasteiger partial charge in [-0.3, -0.25) is 4.74 Å². The number of hydrogen-bond donors (Lipinski definition) is 0. The minimum atomic E-state index is -4.61. The van der Waals surface area contributed by atoms with Crippen LogP contribution in [0.25, 0.3) is 11.1 Å². The van der Waals surface area contributed by atoms with Gasteiger partial charge in [0, 0.05) is 0 Å². The zero-order valence-electron chi connectivity index (χ0n) is 10.3. The molecule has 0 aliphatic heterocycles. The Morgan fingerprint density at radius 2 is 1.37 bits per heavy atom. The molecule has 1 nitrogen and oxygen atoms in total. The van der Waals surface area contributed by atoms with E-state index in [1.807, 2.05) is 30.3 Å². The maximum Gasteiger partial charge on any atom is 0.523 e. The molecule has 1 atom stereocenters. The van der Waals surface area contributed by atoms with Gasteiger partial charge >= 0.3 is 6.36 Å². The monoisotopic (exact) mass is 266 g/mol. The smallest absolute Gasteiger partial charge is 0.284 e. The second-order valence-electron chi connectivity index (χ2n) is 4.19. The van der Waals surface area contributed by atoms with Crippen molar-refractivity contribution in [2.24, 2.45) is 0 Å². The van der Waals surface area contributed by atoms with Crippen LogP contribution in [0.1, 0.15) is 18.6 Å². The van der Waals surface area contributed by atoms with E-state index in [9.17, 15) is 13.2 Å². The molecule has 2 aromatic rings. The molecule has 2 rings (SSSR count). The highest BCUT2D eigenvalue weighted by molar-refractivity contribution is 5.63. The molecule has 0 heterocycles.